The summed E-state index contributed by atoms with van der Waals surface area (Å²) in [6, 6.07) is 7.70. The molecule has 4 nitrogen and oxygen atoms in total. The molecule has 0 fully saturated rings. The summed E-state index contributed by atoms with van der Waals surface area (Å²) in [5, 5.41) is 8.59. The van der Waals surface area contributed by atoms with Crippen molar-refractivity contribution in [2.45, 2.75) is 13.3 Å². The van der Waals surface area contributed by atoms with E-state index >= 15 is 0 Å². The van der Waals surface area contributed by atoms with Gasteiger partial charge in [0.2, 0.25) is 6.41 Å². The molecule has 78 valence electrons. The van der Waals surface area contributed by atoms with E-state index in [-0.39, 0.29) is 6.61 Å². The van der Waals surface area contributed by atoms with Crippen LogP contribution in [0.15, 0.2) is 24.3 Å². The lowest BCUT2D eigenvalue weighted by Gasteiger charge is -2.08. The molecule has 0 aliphatic carbocycles. The number of aliphatic hydroxyl groups excluding tert-OH is 1. The molecule has 1 aromatic carbocycles. The number of aryl methyl sites for hydroxylation is 1. The van der Waals surface area contributed by atoms with Crippen LogP contribution in [0.5, 0.6) is 5.75 Å². The molecule has 0 aromatic heterocycles. The minimum absolute atomic E-state index is 0.269. The molecule has 0 radical (unpaired) electrons. The summed E-state index contributed by atoms with van der Waals surface area (Å²) >= 11 is 0. The van der Waals surface area contributed by atoms with Crippen molar-refractivity contribution in [3.8, 4) is 5.75 Å². The van der Waals surface area contributed by atoms with Crippen molar-refractivity contribution < 1.29 is 14.6 Å². The summed E-state index contributed by atoms with van der Waals surface area (Å²) in [4.78, 5) is 0. The fraction of sp³-hybridized carbons (Fsp3) is 0.400. The number of aliphatic hydroxyl groups is 1. The summed E-state index contributed by atoms with van der Waals surface area (Å²) in [7, 11) is 0. The average Bonchev–Trinajstić information content (AvgIpc) is 2.15. The normalized spacial score (nSPS) is 12.5. The van der Waals surface area contributed by atoms with E-state index in [2.05, 4.69) is 0 Å². The zero-order valence-electron chi connectivity index (χ0n) is 8.14. The third kappa shape index (κ3) is 4.23. The highest BCUT2D eigenvalue weighted by molar-refractivity contribution is 5.26. The Bertz CT molecular complexity index is 259. The predicted octanol–water partition coefficient (Wildman–Crippen LogP) is 0.625. The first-order valence-electron chi connectivity index (χ1n) is 4.43. The van der Waals surface area contributed by atoms with Crippen molar-refractivity contribution in [1.29, 1.82) is 0 Å². The summed E-state index contributed by atoms with van der Waals surface area (Å²) in [6.45, 7) is 2.65. The van der Waals surface area contributed by atoms with Crippen LogP contribution < -0.4 is 10.5 Å². The van der Waals surface area contributed by atoms with E-state index in [1.807, 2.05) is 31.2 Å². The molecule has 0 saturated heterocycles. The van der Waals surface area contributed by atoms with Gasteiger partial charge >= 0.3 is 0 Å². The first-order valence-corrected chi connectivity index (χ1v) is 4.43. The van der Waals surface area contributed by atoms with Crippen LogP contribution in [0.4, 0.5) is 0 Å². The Kier molecular flexibility index (Phi) is 4.39. The van der Waals surface area contributed by atoms with Gasteiger partial charge in [-0.2, -0.15) is 0 Å². The van der Waals surface area contributed by atoms with E-state index in [0.717, 1.165) is 5.75 Å². The zero-order valence-corrected chi connectivity index (χ0v) is 8.14. The molecule has 1 atom stereocenters. The summed E-state index contributed by atoms with van der Waals surface area (Å²) < 4.78 is 10.0. The maximum Gasteiger partial charge on any atom is 0.211 e. The van der Waals surface area contributed by atoms with Crippen molar-refractivity contribution in [2.75, 3.05) is 13.2 Å². The molecule has 1 unspecified atom stereocenters. The van der Waals surface area contributed by atoms with E-state index in [0.29, 0.717) is 6.61 Å². The van der Waals surface area contributed by atoms with Crippen LogP contribution in [0.3, 0.4) is 0 Å². The van der Waals surface area contributed by atoms with Gasteiger partial charge in [-0.15, -0.1) is 0 Å². The lowest BCUT2D eigenvalue weighted by Crippen LogP contribution is -2.25. The quantitative estimate of drug-likeness (QED) is 0.536. The minimum Gasteiger partial charge on any atom is -0.491 e. The topological polar surface area (TPSA) is 64.7 Å². The highest BCUT2D eigenvalue weighted by Crippen LogP contribution is 2.10. The Morgan fingerprint density at radius 1 is 1.29 bits per heavy atom. The van der Waals surface area contributed by atoms with Gasteiger partial charge in [-0.05, 0) is 19.1 Å². The highest BCUT2D eigenvalue weighted by Gasteiger charge is 1.96. The standard InChI is InChI=1S/C10H15NO3/c1-8-2-4-9(5-3-8)13-6-7-14-10(11)12/h2-5,10,12H,6-7,11H2,1H3. The molecule has 0 bridgehead atoms. The SMILES string of the molecule is Cc1ccc(OCCOC(N)O)cc1. The molecule has 0 aliphatic heterocycles. The molecule has 0 spiro atoms. The monoisotopic (exact) mass is 197 g/mol. The van der Waals surface area contributed by atoms with Crippen LogP contribution in [0.1, 0.15) is 5.56 Å². The molecular weight excluding hydrogens is 182 g/mol. The number of nitrogens with two attached hydrogens (primary N) is 1. The minimum atomic E-state index is -1.23. The van der Waals surface area contributed by atoms with Crippen molar-refractivity contribution in [2.24, 2.45) is 5.73 Å². The molecule has 0 saturated carbocycles. The predicted molar refractivity (Wildman–Crippen MR) is 52.8 cm³/mol. The summed E-state index contributed by atoms with van der Waals surface area (Å²) in [5.74, 6) is 0.783. The molecular formula is C10H15NO3. The van der Waals surface area contributed by atoms with Crippen LogP contribution in [-0.2, 0) is 4.74 Å². The van der Waals surface area contributed by atoms with Gasteiger partial charge in [0, 0.05) is 0 Å². The van der Waals surface area contributed by atoms with Crippen molar-refractivity contribution in [3.63, 3.8) is 0 Å². The van der Waals surface area contributed by atoms with Crippen LogP contribution >= 0.6 is 0 Å². The molecule has 1 rings (SSSR count). The molecule has 14 heavy (non-hydrogen) atoms. The van der Waals surface area contributed by atoms with E-state index < -0.39 is 6.41 Å². The van der Waals surface area contributed by atoms with Crippen LogP contribution in [-0.4, -0.2) is 24.7 Å². The lowest BCUT2D eigenvalue weighted by molar-refractivity contribution is -0.0997. The fourth-order valence-electron chi connectivity index (χ4n) is 0.963. The molecule has 4 heteroatoms. The number of hydrogen-bond acceptors (Lipinski definition) is 4. The van der Waals surface area contributed by atoms with Crippen LogP contribution in [0.25, 0.3) is 0 Å². The van der Waals surface area contributed by atoms with Crippen molar-refractivity contribution in [3.05, 3.63) is 29.8 Å². The van der Waals surface area contributed by atoms with Gasteiger partial charge in [-0.1, -0.05) is 17.7 Å². The van der Waals surface area contributed by atoms with Gasteiger partial charge in [0.1, 0.15) is 12.4 Å². The summed E-state index contributed by atoms with van der Waals surface area (Å²) in [5.41, 5.74) is 6.16. The van der Waals surface area contributed by atoms with Crippen LogP contribution in [0, 0.1) is 6.92 Å². The highest BCUT2D eigenvalue weighted by atomic mass is 16.6. The fourth-order valence-corrected chi connectivity index (χ4v) is 0.963. The Labute approximate surface area is 83.3 Å². The second-order valence-corrected chi connectivity index (χ2v) is 2.92. The average molecular weight is 197 g/mol. The maximum absolute atomic E-state index is 8.59. The van der Waals surface area contributed by atoms with Gasteiger partial charge in [-0.3, -0.25) is 5.73 Å². The molecule has 1 aromatic rings. The Hall–Kier alpha value is -1.10. The van der Waals surface area contributed by atoms with E-state index in [1.54, 1.807) is 0 Å². The second-order valence-electron chi connectivity index (χ2n) is 2.92. The van der Waals surface area contributed by atoms with Crippen molar-refractivity contribution in [1.82, 2.24) is 0 Å². The second kappa shape index (κ2) is 5.59. The maximum atomic E-state index is 8.59. The molecule has 0 heterocycles. The van der Waals surface area contributed by atoms with Gasteiger partial charge in [-0.25, -0.2) is 0 Å². The first kappa shape index (κ1) is 11.0. The Balaban J connectivity index is 2.21. The Morgan fingerprint density at radius 2 is 1.93 bits per heavy atom. The van der Waals surface area contributed by atoms with E-state index in [4.69, 9.17) is 20.3 Å². The van der Waals surface area contributed by atoms with Gasteiger partial charge in [0.05, 0.1) is 6.61 Å². The molecule has 3 N–H and O–H groups in total. The summed E-state index contributed by atoms with van der Waals surface area (Å²) in [6.07, 6.45) is -1.23. The van der Waals surface area contributed by atoms with Gasteiger partial charge in [0.25, 0.3) is 0 Å². The van der Waals surface area contributed by atoms with Gasteiger partial charge < -0.3 is 14.6 Å². The van der Waals surface area contributed by atoms with Crippen LogP contribution in [0.2, 0.25) is 0 Å². The zero-order chi connectivity index (χ0) is 10.4. The number of hydrogen-bond donors (Lipinski definition) is 2. The third-order valence-corrected chi connectivity index (χ3v) is 1.66. The van der Waals surface area contributed by atoms with E-state index in [9.17, 15) is 0 Å². The molecule has 0 amide bonds. The third-order valence-electron chi connectivity index (χ3n) is 1.66. The number of benzene rings is 1. The molecule has 0 aliphatic rings. The number of ether oxygens (including phenoxy) is 2. The Morgan fingerprint density at radius 3 is 2.50 bits per heavy atom. The van der Waals surface area contributed by atoms with E-state index in [1.165, 1.54) is 5.56 Å². The largest absolute Gasteiger partial charge is 0.491 e. The van der Waals surface area contributed by atoms with Gasteiger partial charge in [0.15, 0.2) is 0 Å². The first-order chi connectivity index (χ1) is 6.68. The smallest absolute Gasteiger partial charge is 0.211 e. The number of rotatable bonds is 5. The lowest BCUT2D eigenvalue weighted by atomic mass is 10.2. The van der Waals surface area contributed by atoms with Crippen molar-refractivity contribution >= 4 is 0 Å².